The van der Waals surface area contributed by atoms with Gasteiger partial charge >= 0.3 is 6.18 Å². The zero-order chi connectivity index (χ0) is 33.0. The van der Waals surface area contributed by atoms with Gasteiger partial charge in [-0.05, 0) is 64.6 Å². The SMILES string of the molecule is Cc1ccc(-c2ccc3c(c2)-c2nc4c(nc2C3=C(C#N)C#N)-c2ccc(-c3ccc(C(F)(F)F)cc3)cc2C4=C(C#N)C#N)cc1. The molecule has 0 bridgehead atoms. The molecule has 0 aliphatic heterocycles. The van der Waals surface area contributed by atoms with Crippen molar-refractivity contribution in [3.63, 3.8) is 0 Å². The summed E-state index contributed by atoms with van der Waals surface area (Å²) in [5.74, 6) is 0. The van der Waals surface area contributed by atoms with E-state index in [-0.39, 0.29) is 22.4 Å². The number of fused-ring (bicyclic) bond motifs is 6. The summed E-state index contributed by atoms with van der Waals surface area (Å²) in [6.07, 6.45) is -4.48. The van der Waals surface area contributed by atoms with Crippen LogP contribution in [0.5, 0.6) is 0 Å². The second-order valence-corrected chi connectivity index (χ2v) is 11.0. The van der Waals surface area contributed by atoms with E-state index in [0.717, 1.165) is 28.8 Å². The van der Waals surface area contributed by atoms with E-state index < -0.39 is 11.7 Å². The van der Waals surface area contributed by atoms with E-state index in [1.165, 1.54) is 12.1 Å². The van der Waals surface area contributed by atoms with Crippen LogP contribution in [0.1, 0.15) is 33.6 Å². The fraction of sp³-hybridized carbons (Fsp3) is 0.0526. The van der Waals surface area contributed by atoms with Crippen LogP contribution in [0.3, 0.4) is 0 Å². The van der Waals surface area contributed by atoms with Crippen molar-refractivity contribution in [1.29, 1.82) is 21.0 Å². The number of halogens is 3. The molecule has 220 valence electrons. The van der Waals surface area contributed by atoms with Crippen LogP contribution >= 0.6 is 0 Å². The molecule has 0 spiro atoms. The van der Waals surface area contributed by atoms with Crippen molar-refractivity contribution >= 4 is 11.1 Å². The Morgan fingerprint density at radius 2 is 0.936 bits per heavy atom. The van der Waals surface area contributed by atoms with Crippen molar-refractivity contribution in [1.82, 2.24) is 9.97 Å². The highest BCUT2D eigenvalue weighted by Gasteiger charge is 2.37. The fourth-order valence-electron chi connectivity index (χ4n) is 6.07. The summed E-state index contributed by atoms with van der Waals surface area (Å²) in [5.41, 5.74) is 7.11. The average molecular weight is 615 g/mol. The molecule has 0 radical (unpaired) electrons. The van der Waals surface area contributed by atoms with Crippen molar-refractivity contribution in [3.8, 4) is 69.0 Å². The molecule has 0 N–H and O–H groups in total. The Labute approximate surface area is 266 Å². The maximum absolute atomic E-state index is 13.2. The zero-order valence-corrected chi connectivity index (χ0v) is 24.4. The summed E-state index contributed by atoms with van der Waals surface area (Å²) < 4.78 is 39.6. The lowest BCUT2D eigenvalue weighted by Gasteiger charge is -2.09. The van der Waals surface area contributed by atoms with Crippen molar-refractivity contribution < 1.29 is 13.2 Å². The monoisotopic (exact) mass is 614 g/mol. The predicted molar refractivity (Wildman–Crippen MR) is 168 cm³/mol. The Kier molecular flexibility index (Phi) is 6.57. The minimum absolute atomic E-state index is 0.135. The van der Waals surface area contributed by atoms with Gasteiger partial charge in [0.25, 0.3) is 0 Å². The van der Waals surface area contributed by atoms with E-state index in [4.69, 9.17) is 9.97 Å². The Morgan fingerprint density at radius 3 is 1.45 bits per heavy atom. The summed E-state index contributed by atoms with van der Waals surface area (Å²) in [5, 5.41) is 39.8. The number of nitrogens with zero attached hydrogens (tertiary/aromatic N) is 6. The van der Waals surface area contributed by atoms with E-state index in [2.05, 4.69) is 0 Å². The topological polar surface area (TPSA) is 121 Å². The Morgan fingerprint density at radius 1 is 0.511 bits per heavy atom. The lowest BCUT2D eigenvalue weighted by molar-refractivity contribution is -0.137. The summed E-state index contributed by atoms with van der Waals surface area (Å²) in [7, 11) is 0. The van der Waals surface area contributed by atoms with Crippen LogP contribution in [-0.4, -0.2) is 9.97 Å². The lowest BCUT2D eigenvalue weighted by Crippen LogP contribution is -2.03. The van der Waals surface area contributed by atoms with Gasteiger partial charge in [0.2, 0.25) is 0 Å². The quantitative estimate of drug-likeness (QED) is 0.179. The summed E-state index contributed by atoms with van der Waals surface area (Å²) in [6.45, 7) is 1.99. The third-order valence-electron chi connectivity index (χ3n) is 8.34. The minimum Gasteiger partial charge on any atom is -0.243 e. The maximum Gasteiger partial charge on any atom is 0.416 e. The van der Waals surface area contributed by atoms with Crippen LogP contribution < -0.4 is 0 Å². The first-order valence-corrected chi connectivity index (χ1v) is 14.2. The molecule has 2 aliphatic rings. The molecule has 9 heteroatoms. The number of aromatic nitrogens is 2. The highest BCUT2D eigenvalue weighted by Crippen LogP contribution is 2.51. The molecule has 6 nitrogen and oxygen atoms in total. The molecule has 2 aliphatic carbocycles. The van der Waals surface area contributed by atoms with Crippen LogP contribution in [0.15, 0.2) is 96.1 Å². The van der Waals surface area contributed by atoms with Crippen LogP contribution in [0.2, 0.25) is 0 Å². The molecule has 0 atom stereocenters. The largest absolute Gasteiger partial charge is 0.416 e. The lowest BCUT2D eigenvalue weighted by atomic mass is 9.95. The average Bonchev–Trinajstić information content (AvgIpc) is 3.56. The second kappa shape index (κ2) is 10.7. The Balaban J connectivity index is 1.46. The third-order valence-corrected chi connectivity index (χ3v) is 8.34. The van der Waals surface area contributed by atoms with Crippen LogP contribution in [0, 0.1) is 52.2 Å². The first kappa shape index (κ1) is 28.9. The van der Waals surface area contributed by atoms with Crippen LogP contribution in [-0.2, 0) is 6.18 Å². The van der Waals surface area contributed by atoms with Crippen molar-refractivity contribution in [3.05, 3.63) is 130 Å². The van der Waals surface area contributed by atoms with Gasteiger partial charge in [-0.3, -0.25) is 0 Å². The molecule has 0 saturated heterocycles. The molecule has 0 fully saturated rings. The molecule has 1 heterocycles. The van der Waals surface area contributed by atoms with E-state index in [9.17, 15) is 34.2 Å². The van der Waals surface area contributed by atoms with E-state index >= 15 is 0 Å². The van der Waals surface area contributed by atoms with E-state index in [1.54, 1.807) is 18.2 Å². The smallest absolute Gasteiger partial charge is 0.243 e. The van der Waals surface area contributed by atoms with Gasteiger partial charge in [0.1, 0.15) is 46.8 Å². The standard InChI is InChI=1S/C38H17F3N6/c1-20-2-4-21(5-3-20)24-8-12-28-31(15-24)35-36(32(28)25(16-42)17-43)46-34-29-13-9-23(22-6-10-27(11-7-22)38(39,40)41)14-30(29)33(37(34)47-35)26(18-44)19-45/h2-15H,1H3. The third kappa shape index (κ3) is 4.55. The molecule has 4 aromatic carbocycles. The normalized spacial score (nSPS) is 12.1. The van der Waals surface area contributed by atoms with Crippen molar-refractivity contribution in [2.75, 3.05) is 0 Å². The van der Waals surface area contributed by atoms with Gasteiger partial charge in [-0.1, -0.05) is 66.2 Å². The number of alkyl halides is 3. The van der Waals surface area contributed by atoms with Gasteiger partial charge in [0, 0.05) is 22.3 Å². The molecular weight excluding hydrogens is 597 g/mol. The minimum atomic E-state index is -4.48. The zero-order valence-electron chi connectivity index (χ0n) is 24.4. The molecule has 5 aromatic rings. The molecule has 0 saturated carbocycles. The van der Waals surface area contributed by atoms with Gasteiger partial charge < -0.3 is 0 Å². The molecule has 0 unspecified atom stereocenters. The number of hydrogen-bond acceptors (Lipinski definition) is 6. The molecular formula is C38H17F3N6. The fourth-order valence-corrected chi connectivity index (χ4v) is 6.07. The van der Waals surface area contributed by atoms with Gasteiger partial charge in [-0.2, -0.15) is 34.2 Å². The second-order valence-electron chi connectivity index (χ2n) is 11.0. The van der Waals surface area contributed by atoms with E-state index in [0.29, 0.717) is 56.0 Å². The Bertz CT molecular complexity index is 2390. The van der Waals surface area contributed by atoms with Gasteiger partial charge in [0.05, 0.1) is 17.0 Å². The molecule has 7 rings (SSSR count). The molecule has 47 heavy (non-hydrogen) atoms. The first-order valence-electron chi connectivity index (χ1n) is 14.2. The highest BCUT2D eigenvalue weighted by molar-refractivity contribution is 6.07. The number of nitriles is 4. The van der Waals surface area contributed by atoms with Crippen molar-refractivity contribution in [2.24, 2.45) is 0 Å². The predicted octanol–water partition coefficient (Wildman–Crippen LogP) is 8.80. The van der Waals surface area contributed by atoms with Gasteiger partial charge in [-0.25, -0.2) is 9.97 Å². The van der Waals surface area contributed by atoms with Gasteiger partial charge in [-0.15, -0.1) is 0 Å². The number of aryl methyl sites for hydroxylation is 1. The summed E-state index contributed by atoms with van der Waals surface area (Å²) >= 11 is 0. The number of benzene rings is 4. The molecule has 0 amide bonds. The number of allylic oxidation sites excluding steroid dienone is 2. The van der Waals surface area contributed by atoms with Crippen LogP contribution in [0.4, 0.5) is 13.2 Å². The Hall–Kier alpha value is -6.81. The maximum atomic E-state index is 13.2. The highest BCUT2D eigenvalue weighted by atomic mass is 19.4. The summed E-state index contributed by atoms with van der Waals surface area (Å²) in [4.78, 5) is 9.92. The van der Waals surface area contributed by atoms with Crippen LogP contribution in [0.25, 0.3) is 55.9 Å². The van der Waals surface area contributed by atoms with Gasteiger partial charge in [0.15, 0.2) is 0 Å². The van der Waals surface area contributed by atoms with E-state index in [1.807, 2.05) is 73.7 Å². The first-order chi connectivity index (χ1) is 22.7. The number of rotatable bonds is 2. The summed E-state index contributed by atoms with van der Waals surface area (Å²) in [6, 6.07) is 31.4. The molecule has 1 aromatic heterocycles. The van der Waals surface area contributed by atoms with Crippen molar-refractivity contribution in [2.45, 2.75) is 13.1 Å². The number of hydrogen-bond donors (Lipinski definition) is 0.